The van der Waals surface area contributed by atoms with Crippen LogP contribution in [0.1, 0.15) is 6.42 Å². The molecule has 0 saturated carbocycles. The van der Waals surface area contributed by atoms with E-state index in [9.17, 15) is 4.79 Å². The number of nitrogens with one attached hydrogen (secondary N) is 3. The fourth-order valence-electron chi connectivity index (χ4n) is 4.21. The number of allylic oxidation sites excluding steroid dienone is 1. The van der Waals surface area contributed by atoms with Crippen molar-refractivity contribution in [3.63, 3.8) is 0 Å². The monoisotopic (exact) mass is 454 g/mol. The van der Waals surface area contributed by atoms with Crippen LogP contribution in [-0.4, -0.2) is 96.8 Å². The first-order valence-corrected chi connectivity index (χ1v) is 11.5. The maximum Gasteiger partial charge on any atom is 0.277 e. The van der Waals surface area contributed by atoms with Gasteiger partial charge in [0.1, 0.15) is 16.7 Å². The van der Waals surface area contributed by atoms with Gasteiger partial charge in [-0.1, -0.05) is 12.2 Å². The van der Waals surface area contributed by atoms with Crippen LogP contribution in [0.5, 0.6) is 0 Å². The Bertz CT molecular complexity index is 1070. The van der Waals surface area contributed by atoms with Gasteiger partial charge in [-0.3, -0.25) is 9.69 Å². The molecule has 2 aromatic heterocycles. The first-order chi connectivity index (χ1) is 16.3. The number of hydrogen-bond acceptors (Lipinski definition) is 10. The zero-order valence-corrected chi connectivity index (χ0v) is 18.6. The van der Waals surface area contributed by atoms with Gasteiger partial charge in [0, 0.05) is 51.5 Å². The zero-order chi connectivity index (χ0) is 22.5. The second-order valence-electron chi connectivity index (χ2n) is 8.31. The second kappa shape index (κ2) is 10.4. The Kier molecular flexibility index (Phi) is 6.91. The first kappa shape index (κ1) is 22.0. The molecule has 2 aromatic rings. The van der Waals surface area contributed by atoms with Gasteiger partial charge >= 0.3 is 0 Å². The molecule has 1 unspecified atom stereocenters. The standard InChI is InChI=1S/C22H30N8O3/c31-21-19-18(15-24-28-21)26-22(30-10-12-32-13-11-30)27-20(19)25-16-1-3-17(4-2-16)33-14-9-29-7-5-23-6-8-29/h1-3,15,17,23H,4-14H2,(H,28,31)(H,25,26,27). The first-order valence-electron chi connectivity index (χ1n) is 11.5. The number of fused-ring (bicyclic) bond motifs is 1. The van der Waals surface area contributed by atoms with Gasteiger partial charge in [-0.2, -0.15) is 10.1 Å². The van der Waals surface area contributed by atoms with E-state index >= 15 is 0 Å². The number of rotatable bonds is 7. The summed E-state index contributed by atoms with van der Waals surface area (Å²) in [4.78, 5) is 26.2. The average Bonchev–Trinajstić information content (AvgIpc) is 2.86. The minimum Gasteiger partial charge on any atom is -0.378 e. The van der Waals surface area contributed by atoms with Gasteiger partial charge in [-0.15, -0.1) is 0 Å². The van der Waals surface area contributed by atoms with Crippen LogP contribution in [0.15, 0.2) is 34.9 Å². The lowest BCUT2D eigenvalue weighted by Crippen LogP contribution is -2.44. The number of piperazine rings is 1. The third-order valence-corrected chi connectivity index (χ3v) is 6.07. The Morgan fingerprint density at radius 2 is 2.03 bits per heavy atom. The SMILES string of the molecule is O=c1[nH]ncc2nc(N3CCOCC3)nc(NC3=CCC(OCCN4CCNCC4)C=C3)c12. The number of nitrogens with zero attached hydrogens (tertiary/aromatic N) is 5. The molecule has 0 spiro atoms. The summed E-state index contributed by atoms with van der Waals surface area (Å²) in [7, 11) is 0. The van der Waals surface area contributed by atoms with Gasteiger partial charge in [-0.05, 0) is 12.5 Å². The highest BCUT2D eigenvalue weighted by Gasteiger charge is 2.19. The smallest absolute Gasteiger partial charge is 0.277 e. The van der Waals surface area contributed by atoms with Crippen molar-refractivity contribution in [2.45, 2.75) is 12.5 Å². The molecule has 176 valence electrons. The molecule has 4 heterocycles. The van der Waals surface area contributed by atoms with Crippen LogP contribution in [0.25, 0.3) is 10.9 Å². The summed E-state index contributed by atoms with van der Waals surface area (Å²) in [6, 6.07) is 0. The summed E-state index contributed by atoms with van der Waals surface area (Å²) in [6.45, 7) is 8.58. The molecule has 5 rings (SSSR count). The number of ether oxygens (including phenoxy) is 2. The van der Waals surface area contributed by atoms with E-state index in [0.29, 0.717) is 55.6 Å². The van der Waals surface area contributed by atoms with E-state index in [0.717, 1.165) is 44.8 Å². The highest BCUT2D eigenvalue weighted by molar-refractivity contribution is 5.89. The van der Waals surface area contributed by atoms with Crippen LogP contribution >= 0.6 is 0 Å². The molecule has 0 radical (unpaired) electrons. The van der Waals surface area contributed by atoms with Crippen molar-refractivity contribution in [1.82, 2.24) is 30.4 Å². The van der Waals surface area contributed by atoms with E-state index in [2.05, 4.69) is 52.8 Å². The summed E-state index contributed by atoms with van der Waals surface area (Å²) in [5.74, 6) is 1.04. The lowest BCUT2D eigenvalue weighted by atomic mass is 10.1. The van der Waals surface area contributed by atoms with Crippen LogP contribution in [0.4, 0.5) is 11.8 Å². The number of aromatic nitrogens is 4. The quantitative estimate of drug-likeness (QED) is 0.531. The predicted molar refractivity (Wildman–Crippen MR) is 125 cm³/mol. The summed E-state index contributed by atoms with van der Waals surface area (Å²) < 4.78 is 11.5. The van der Waals surface area contributed by atoms with Crippen molar-refractivity contribution in [3.8, 4) is 0 Å². The average molecular weight is 455 g/mol. The van der Waals surface area contributed by atoms with Crippen molar-refractivity contribution in [1.29, 1.82) is 0 Å². The fourth-order valence-corrected chi connectivity index (χ4v) is 4.21. The number of anilines is 2. The second-order valence-corrected chi connectivity index (χ2v) is 8.31. The highest BCUT2D eigenvalue weighted by atomic mass is 16.5. The molecule has 3 N–H and O–H groups in total. The normalized spacial score (nSPS) is 21.9. The van der Waals surface area contributed by atoms with Gasteiger partial charge < -0.3 is 25.0 Å². The van der Waals surface area contributed by atoms with Crippen molar-refractivity contribution < 1.29 is 9.47 Å². The van der Waals surface area contributed by atoms with E-state index in [1.165, 1.54) is 0 Å². The van der Waals surface area contributed by atoms with Crippen molar-refractivity contribution in [2.75, 3.05) is 75.9 Å². The maximum absolute atomic E-state index is 12.5. The van der Waals surface area contributed by atoms with E-state index in [1.54, 1.807) is 6.20 Å². The van der Waals surface area contributed by atoms with Crippen LogP contribution in [0.3, 0.4) is 0 Å². The molecule has 2 fully saturated rings. The molecule has 33 heavy (non-hydrogen) atoms. The lowest BCUT2D eigenvalue weighted by Gasteiger charge is -2.28. The summed E-state index contributed by atoms with van der Waals surface area (Å²) in [6.07, 6.45) is 8.48. The zero-order valence-electron chi connectivity index (χ0n) is 18.6. The van der Waals surface area contributed by atoms with Gasteiger partial charge in [0.25, 0.3) is 5.56 Å². The minimum atomic E-state index is -0.321. The van der Waals surface area contributed by atoms with Gasteiger partial charge in [0.2, 0.25) is 5.95 Å². The summed E-state index contributed by atoms with van der Waals surface area (Å²) in [5.41, 5.74) is 1.06. The van der Waals surface area contributed by atoms with Crippen LogP contribution in [-0.2, 0) is 9.47 Å². The molecular weight excluding hydrogens is 424 g/mol. The molecule has 0 amide bonds. The van der Waals surface area contributed by atoms with Gasteiger partial charge in [0.05, 0.1) is 32.1 Å². The summed E-state index contributed by atoms with van der Waals surface area (Å²) >= 11 is 0. The van der Waals surface area contributed by atoms with E-state index in [1.807, 2.05) is 6.08 Å². The van der Waals surface area contributed by atoms with Gasteiger partial charge in [0.15, 0.2) is 0 Å². The molecule has 0 bridgehead atoms. The molecule has 11 nitrogen and oxygen atoms in total. The Balaban J connectivity index is 1.26. The third kappa shape index (κ3) is 5.38. The van der Waals surface area contributed by atoms with E-state index in [-0.39, 0.29) is 11.7 Å². The van der Waals surface area contributed by atoms with Crippen molar-refractivity contribution in [3.05, 3.63) is 40.5 Å². The van der Waals surface area contributed by atoms with Crippen LogP contribution in [0.2, 0.25) is 0 Å². The number of H-pyrrole nitrogens is 1. The van der Waals surface area contributed by atoms with Crippen LogP contribution < -0.4 is 21.1 Å². The molecule has 2 aliphatic heterocycles. The Morgan fingerprint density at radius 3 is 2.82 bits per heavy atom. The minimum absolute atomic E-state index is 0.0529. The molecular formula is C22H30N8O3. The third-order valence-electron chi connectivity index (χ3n) is 6.07. The molecule has 3 aliphatic rings. The molecule has 11 heteroatoms. The predicted octanol–water partition coefficient (Wildman–Crippen LogP) is 0.0958. The van der Waals surface area contributed by atoms with E-state index in [4.69, 9.17) is 9.47 Å². The number of morpholine rings is 1. The van der Waals surface area contributed by atoms with E-state index < -0.39 is 0 Å². The Morgan fingerprint density at radius 1 is 1.18 bits per heavy atom. The topological polar surface area (TPSA) is 121 Å². The Labute approximate surface area is 191 Å². The fraction of sp³-hybridized carbons (Fsp3) is 0.545. The molecule has 1 atom stereocenters. The summed E-state index contributed by atoms with van der Waals surface area (Å²) in [5, 5.41) is 13.5. The maximum atomic E-state index is 12.5. The number of aromatic amines is 1. The Hall–Kier alpha value is -2.86. The lowest BCUT2D eigenvalue weighted by molar-refractivity contribution is 0.0626. The molecule has 2 saturated heterocycles. The molecule has 1 aliphatic carbocycles. The highest BCUT2D eigenvalue weighted by Crippen LogP contribution is 2.23. The van der Waals surface area contributed by atoms with Crippen LogP contribution in [0, 0.1) is 0 Å². The number of hydrogen-bond donors (Lipinski definition) is 3. The van der Waals surface area contributed by atoms with Crippen molar-refractivity contribution >= 4 is 22.7 Å². The van der Waals surface area contributed by atoms with Crippen molar-refractivity contribution in [2.24, 2.45) is 0 Å². The molecule has 0 aromatic carbocycles. The van der Waals surface area contributed by atoms with Gasteiger partial charge in [-0.25, -0.2) is 10.1 Å². The largest absolute Gasteiger partial charge is 0.378 e.